The standard InChI is InChI=1S/C14H21NO4/c1-19-10-8-15(7-9-16)11-13(14(17)18)12-5-3-2-4-6-12/h2-6,13,16H,7-11H2,1H3,(H,17,18). The van der Waals surface area contributed by atoms with Crippen molar-refractivity contribution in [3.8, 4) is 0 Å². The Balaban J connectivity index is 2.73. The summed E-state index contributed by atoms with van der Waals surface area (Å²) >= 11 is 0. The Hall–Kier alpha value is -1.43. The molecule has 19 heavy (non-hydrogen) atoms. The van der Waals surface area contributed by atoms with Gasteiger partial charge in [-0.1, -0.05) is 30.3 Å². The molecule has 0 aromatic heterocycles. The van der Waals surface area contributed by atoms with E-state index in [0.29, 0.717) is 26.2 Å². The topological polar surface area (TPSA) is 70.0 Å². The highest BCUT2D eigenvalue weighted by Gasteiger charge is 2.22. The number of carboxylic acid groups (broad SMARTS) is 1. The molecule has 0 fully saturated rings. The molecule has 0 aliphatic carbocycles. The zero-order valence-corrected chi connectivity index (χ0v) is 11.2. The van der Waals surface area contributed by atoms with Crippen molar-refractivity contribution < 1.29 is 19.7 Å². The van der Waals surface area contributed by atoms with Crippen LogP contribution >= 0.6 is 0 Å². The molecule has 106 valence electrons. The van der Waals surface area contributed by atoms with E-state index in [1.165, 1.54) is 0 Å². The van der Waals surface area contributed by atoms with Crippen LogP contribution in [0.1, 0.15) is 11.5 Å². The third-order valence-corrected chi connectivity index (χ3v) is 2.97. The summed E-state index contributed by atoms with van der Waals surface area (Å²) in [6, 6.07) is 9.14. The number of hydrogen-bond acceptors (Lipinski definition) is 4. The summed E-state index contributed by atoms with van der Waals surface area (Å²) in [5.41, 5.74) is 0.773. The lowest BCUT2D eigenvalue weighted by molar-refractivity contribution is -0.139. The number of aliphatic carboxylic acids is 1. The lowest BCUT2D eigenvalue weighted by atomic mass is 9.98. The smallest absolute Gasteiger partial charge is 0.312 e. The van der Waals surface area contributed by atoms with Crippen LogP contribution in [0.4, 0.5) is 0 Å². The van der Waals surface area contributed by atoms with Gasteiger partial charge in [-0.05, 0) is 5.56 Å². The van der Waals surface area contributed by atoms with Crippen molar-refractivity contribution in [3.05, 3.63) is 35.9 Å². The number of aliphatic hydroxyl groups is 1. The highest BCUT2D eigenvalue weighted by atomic mass is 16.5. The van der Waals surface area contributed by atoms with Crippen LogP contribution in [0, 0.1) is 0 Å². The van der Waals surface area contributed by atoms with Crippen LogP contribution < -0.4 is 0 Å². The number of methoxy groups -OCH3 is 1. The second-order valence-electron chi connectivity index (χ2n) is 4.32. The lowest BCUT2D eigenvalue weighted by Crippen LogP contribution is -2.36. The maximum absolute atomic E-state index is 11.4. The largest absolute Gasteiger partial charge is 0.481 e. The molecule has 0 saturated heterocycles. The van der Waals surface area contributed by atoms with E-state index in [2.05, 4.69) is 0 Å². The fourth-order valence-corrected chi connectivity index (χ4v) is 1.93. The minimum absolute atomic E-state index is 0.00480. The molecular weight excluding hydrogens is 246 g/mol. The van der Waals surface area contributed by atoms with Gasteiger partial charge < -0.3 is 14.9 Å². The highest BCUT2D eigenvalue weighted by Crippen LogP contribution is 2.17. The van der Waals surface area contributed by atoms with E-state index >= 15 is 0 Å². The summed E-state index contributed by atoms with van der Waals surface area (Å²) in [6.07, 6.45) is 0. The molecule has 0 spiro atoms. The second-order valence-corrected chi connectivity index (χ2v) is 4.32. The van der Waals surface area contributed by atoms with Crippen LogP contribution in [0.3, 0.4) is 0 Å². The summed E-state index contributed by atoms with van der Waals surface area (Å²) in [5, 5.41) is 18.4. The normalized spacial score (nSPS) is 12.6. The van der Waals surface area contributed by atoms with Gasteiger partial charge in [0.1, 0.15) is 0 Å². The quantitative estimate of drug-likeness (QED) is 0.692. The molecule has 0 amide bonds. The summed E-state index contributed by atoms with van der Waals surface area (Å²) in [6.45, 7) is 1.93. The summed E-state index contributed by atoms with van der Waals surface area (Å²) in [5.74, 6) is -1.45. The predicted molar refractivity (Wildman–Crippen MR) is 72.2 cm³/mol. The lowest BCUT2D eigenvalue weighted by Gasteiger charge is -2.24. The first-order valence-electron chi connectivity index (χ1n) is 6.29. The van der Waals surface area contributed by atoms with E-state index < -0.39 is 11.9 Å². The van der Waals surface area contributed by atoms with Crippen molar-refractivity contribution in [3.63, 3.8) is 0 Å². The van der Waals surface area contributed by atoms with Crippen LogP contribution in [0.2, 0.25) is 0 Å². The Labute approximate surface area is 113 Å². The van der Waals surface area contributed by atoms with Crippen molar-refractivity contribution in [2.24, 2.45) is 0 Å². The average molecular weight is 267 g/mol. The third-order valence-electron chi connectivity index (χ3n) is 2.97. The molecule has 0 aliphatic rings. The van der Waals surface area contributed by atoms with Gasteiger partial charge in [-0.25, -0.2) is 0 Å². The Morgan fingerprint density at radius 1 is 1.32 bits per heavy atom. The SMILES string of the molecule is COCCN(CCO)CC(C(=O)O)c1ccccc1. The molecule has 1 atom stereocenters. The molecule has 0 bridgehead atoms. The molecule has 0 radical (unpaired) electrons. The molecule has 5 heteroatoms. The third kappa shape index (κ3) is 5.38. The van der Waals surface area contributed by atoms with E-state index in [-0.39, 0.29) is 6.61 Å². The van der Waals surface area contributed by atoms with Crippen molar-refractivity contribution in [1.82, 2.24) is 4.90 Å². The predicted octanol–water partition coefficient (Wildman–Crippen LogP) is 0.796. The van der Waals surface area contributed by atoms with Gasteiger partial charge in [-0.15, -0.1) is 0 Å². The minimum atomic E-state index is -0.855. The van der Waals surface area contributed by atoms with Crippen LogP contribution in [-0.2, 0) is 9.53 Å². The van der Waals surface area contributed by atoms with Crippen molar-refractivity contribution in [2.75, 3.05) is 40.0 Å². The van der Waals surface area contributed by atoms with E-state index in [4.69, 9.17) is 9.84 Å². The fraction of sp³-hybridized carbons (Fsp3) is 0.500. The molecule has 0 aliphatic heterocycles. The van der Waals surface area contributed by atoms with Gasteiger partial charge in [-0.3, -0.25) is 9.69 Å². The highest BCUT2D eigenvalue weighted by molar-refractivity contribution is 5.76. The number of carboxylic acids is 1. The van der Waals surface area contributed by atoms with E-state index in [1.54, 1.807) is 7.11 Å². The zero-order chi connectivity index (χ0) is 14.1. The fourth-order valence-electron chi connectivity index (χ4n) is 1.93. The number of aliphatic hydroxyl groups excluding tert-OH is 1. The Kier molecular flexibility index (Phi) is 7.10. The molecule has 1 aromatic rings. The number of nitrogens with zero attached hydrogens (tertiary/aromatic N) is 1. The van der Waals surface area contributed by atoms with Crippen LogP contribution in [0.5, 0.6) is 0 Å². The molecule has 1 aromatic carbocycles. The monoisotopic (exact) mass is 267 g/mol. The van der Waals surface area contributed by atoms with Crippen molar-refractivity contribution in [1.29, 1.82) is 0 Å². The molecule has 1 rings (SSSR count). The number of benzene rings is 1. The zero-order valence-electron chi connectivity index (χ0n) is 11.2. The van der Waals surface area contributed by atoms with Gasteiger partial charge in [0.15, 0.2) is 0 Å². The maximum Gasteiger partial charge on any atom is 0.312 e. The first kappa shape index (κ1) is 15.6. The Morgan fingerprint density at radius 2 is 2.00 bits per heavy atom. The van der Waals surface area contributed by atoms with Crippen LogP contribution in [-0.4, -0.2) is 61.0 Å². The summed E-state index contributed by atoms with van der Waals surface area (Å²) < 4.78 is 5.00. The first-order chi connectivity index (χ1) is 9.19. The van der Waals surface area contributed by atoms with Gasteiger partial charge in [0.05, 0.1) is 19.1 Å². The molecule has 0 saturated carbocycles. The molecule has 0 heterocycles. The van der Waals surface area contributed by atoms with E-state index in [0.717, 1.165) is 5.56 Å². The van der Waals surface area contributed by atoms with E-state index in [9.17, 15) is 9.90 Å². The maximum atomic E-state index is 11.4. The Morgan fingerprint density at radius 3 is 2.53 bits per heavy atom. The number of carbonyl (C=O) groups is 1. The van der Waals surface area contributed by atoms with Gasteiger partial charge in [0.2, 0.25) is 0 Å². The Bertz CT molecular complexity index is 369. The number of hydrogen-bond donors (Lipinski definition) is 2. The molecular formula is C14H21NO4. The second kappa shape index (κ2) is 8.63. The van der Waals surface area contributed by atoms with E-state index in [1.807, 2.05) is 35.2 Å². The van der Waals surface area contributed by atoms with Gasteiger partial charge in [0, 0.05) is 26.7 Å². The molecule has 2 N–H and O–H groups in total. The van der Waals surface area contributed by atoms with Gasteiger partial charge in [0.25, 0.3) is 0 Å². The van der Waals surface area contributed by atoms with Gasteiger partial charge in [-0.2, -0.15) is 0 Å². The number of ether oxygens (including phenoxy) is 1. The summed E-state index contributed by atoms with van der Waals surface area (Å²) in [7, 11) is 1.60. The molecule has 1 unspecified atom stereocenters. The average Bonchev–Trinajstić information content (AvgIpc) is 2.42. The minimum Gasteiger partial charge on any atom is -0.481 e. The number of rotatable bonds is 9. The van der Waals surface area contributed by atoms with Crippen LogP contribution in [0.25, 0.3) is 0 Å². The van der Waals surface area contributed by atoms with Gasteiger partial charge >= 0.3 is 5.97 Å². The summed E-state index contributed by atoms with van der Waals surface area (Å²) in [4.78, 5) is 13.3. The first-order valence-corrected chi connectivity index (χ1v) is 6.29. The van der Waals surface area contributed by atoms with Crippen molar-refractivity contribution >= 4 is 5.97 Å². The van der Waals surface area contributed by atoms with Crippen molar-refractivity contribution in [2.45, 2.75) is 5.92 Å². The van der Waals surface area contributed by atoms with Crippen LogP contribution in [0.15, 0.2) is 30.3 Å². The molecule has 5 nitrogen and oxygen atoms in total.